The predicted molar refractivity (Wildman–Crippen MR) is 106 cm³/mol. The molecule has 2 N–H and O–H groups in total. The number of aromatic nitrogens is 1. The Morgan fingerprint density at radius 2 is 1.65 bits per heavy atom. The van der Waals surface area contributed by atoms with E-state index in [1.165, 1.54) is 0 Å². The number of hydrogen-bond donors (Lipinski definition) is 2. The zero-order chi connectivity index (χ0) is 18.2. The first-order valence-corrected chi connectivity index (χ1v) is 8.84. The maximum absolute atomic E-state index is 10.1. The Balaban J connectivity index is 2.06. The fraction of sp³-hybridized carbons (Fsp3) is 0.0526. The Morgan fingerprint density at radius 1 is 0.885 bits per heavy atom. The zero-order valence-electron chi connectivity index (χ0n) is 13.3. The van der Waals surface area contributed by atoms with Gasteiger partial charge in [0.05, 0.1) is 28.4 Å². The number of fused-ring (bicyclic) bond motifs is 7. The second kappa shape index (κ2) is 5.36. The van der Waals surface area contributed by atoms with Crippen LogP contribution in [0, 0.1) is 0 Å². The normalized spacial score (nSPS) is 12.0. The summed E-state index contributed by atoms with van der Waals surface area (Å²) in [5, 5.41) is 13.5. The summed E-state index contributed by atoms with van der Waals surface area (Å²) in [6.07, 6.45) is 0. The minimum atomic E-state index is -0.290. The molecule has 2 heterocycles. The van der Waals surface area contributed by atoms with Crippen molar-refractivity contribution in [2.45, 2.75) is 0 Å². The largest absolute Gasteiger partial charge is 0.505 e. The number of H-pyrrole nitrogens is 1. The summed E-state index contributed by atoms with van der Waals surface area (Å²) in [6, 6.07) is 9.62. The number of nitrogens with one attached hydrogen (secondary N) is 1. The summed E-state index contributed by atoms with van der Waals surface area (Å²) in [5.74, 6) is 0.449. The van der Waals surface area contributed by atoms with Crippen LogP contribution in [0.25, 0.3) is 43.7 Å². The minimum absolute atomic E-state index is 0.00700. The van der Waals surface area contributed by atoms with Gasteiger partial charge >= 0.3 is 0 Å². The molecule has 2 aromatic heterocycles. The maximum Gasteiger partial charge on any atom is 0.159 e. The molecule has 0 aliphatic carbocycles. The van der Waals surface area contributed by atoms with E-state index >= 15 is 0 Å². The van der Waals surface area contributed by atoms with Gasteiger partial charge in [0.25, 0.3) is 0 Å². The van der Waals surface area contributed by atoms with Crippen molar-refractivity contribution in [3.63, 3.8) is 0 Å². The van der Waals surface area contributed by atoms with Crippen LogP contribution in [0.3, 0.4) is 0 Å². The van der Waals surface area contributed by atoms with Gasteiger partial charge in [0.15, 0.2) is 11.3 Å². The lowest BCUT2D eigenvalue weighted by molar-refractivity contribution is 0.415. The molecule has 0 radical (unpaired) electrons. The number of ether oxygens (including phenoxy) is 1. The lowest BCUT2D eigenvalue weighted by Gasteiger charge is -2.03. The van der Waals surface area contributed by atoms with Crippen LogP contribution in [0.1, 0.15) is 0 Å². The molecule has 0 aliphatic heterocycles. The molecule has 0 spiro atoms. The molecule has 0 saturated heterocycles. The molecule has 130 valence electrons. The lowest BCUT2D eigenvalue weighted by atomic mass is 10.1. The molecule has 0 aliphatic rings. The van der Waals surface area contributed by atoms with Gasteiger partial charge in [0, 0.05) is 16.3 Å². The molecule has 0 bridgehead atoms. The monoisotopic (exact) mass is 405 g/mol. The van der Waals surface area contributed by atoms with E-state index in [0.717, 1.165) is 32.9 Å². The number of phenols is 1. The molecule has 5 aromatic rings. The molecule has 7 heteroatoms. The summed E-state index contributed by atoms with van der Waals surface area (Å²) in [7, 11) is 1.62. The highest BCUT2D eigenvalue weighted by atomic mass is 35.5. The molecule has 4 nitrogen and oxygen atoms in total. The fourth-order valence-electron chi connectivity index (χ4n) is 3.43. The topological polar surface area (TPSA) is 58.4 Å². The van der Waals surface area contributed by atoms with Crippen molar-refractivity contribution in [3.05, 3.63) is 45.4 Å². The van der Waals surface area contributed by atoms with Gasteiger partial charge in [-0.15, -0.1) is 0 Å². The number of aromatic amines is 1. The smallest absolute Gasteiger partial charge is 0.159 e. The number of benzene rings is 3. The van der Waals surface area contributed by atoms with Crippen LogP contribution in [0.15, 0.2) is 34.7 Å². The number of hydrogen-bond acceptors (Lipinski definition) is 3. The van der Waals surface area contributed by atoms with E-state index < -0.39 is 0 Å². The third kappa shape index (κ3) is 1.92. The molecule has 0 unspecified atom stereocenters. The van der Waals surface area contributed by atoms with E-state index in [1.54, 1.807) is 7.11 Å². The first kappa shape index (κ1) is 15.9. The average Bonchev–Trinajstić information content (AvgIpc) is 3.21. The summed E-state index contributed by atoms with van der Waals surface area (Å²) >= 11 is 18.7. The number of rotatable bonds is 1. The SMILES string of the molecule is COc1ccc2[nH]c3ccc4c(oc5c(Cl)c(O)c(Cl)c(Cl)c54)c3c2c1. The first-order valence-electron chi connectivity index (χ1n) is 7.71. The number of halogens is 3. The standard InChI is InChI=1S/C19H10Cl3NO3/c1-25-7-2-4-10-9(6-7)12-11(23-10)5-3-8-13-14(20)15(21)17(24)16(22)19(13)26-18(8)12/h2-6,23-24H,1H3. The molecular formula is C19H10Cl3NO3. The molecule has 26 heavy (non-hydrogen) atoms. The van der Waals surface area contributed by atoms with Crippen LogP contribution in [0.2, 0.25) is 15.1 Å². The van der Waals surface area contributed by atoms with E-state index in [-0.39, 0.29) is 20.8 Å². The molecular weight excluding hydrogens is 397 g/mol. The van der Waals surface area contributed by atoms with Crippen LogP contribution >= 0.6 is 34.8 Å². The van der Waals surface area contributed by atoms with Crippen molar-refractivity contribution in [2.75, 3.05) is 7.11 Å². The van der Waals surface area contributed by atoms with Gasteiger partial charge in [-0.05, 0) is 30.3 Å². The first-order chi connectivity index (χ1) is 12.5. The van der Waals surface area contributed by atoms with Crippen molar-refractivity contribution in [3.8, 4) is 11.5 Å². The van der Waals surface area contributed by atoms with Gasteiger partial charge in [-0.1, -0.05) is 34.8 Å². The van der Waals surface area contributed by atoms with E-state index in [2.05, 4.69) is 4.98 Å². The molecule has 0 amide bonds. The van der Waals surface area contributed by atoms with Crippen LogP contribution in [-0.2, 0) is 0 Å². The van der Waals surface area contributed by atoms with E-state index in [4.69, 9.17) is 44.0 Å². The van der Waals surface area contributed by atoms with Crippen molar-refractivity contribution in [2.24, 2.45) is 0 Å². The maximum atomic E-state index is 10.1. The van der Waals surface area contributed by atoms with Crippen molar-refractivity contribution >= 4 is 78.5 Å². The Labute approximate surface area is 161 Å². The van der Waals surface area contributed by atoms with Gasteiger partial charge in [-0.3, -0.25) is 0 Å². The average molecular weight is 407 g/mol. The fourth-order valence-corrected chi connectivity index (χ4v) is 4.18. The van der Waals surface area contributed by atoms with E-state index in [0.29, 0.717) is 16.6 Å². The van der Waals surface area contributed by atoms with Gasteiger partial charge in [-0.25, -0.2) is 0 Å². The molecule has 3 aromatic carbocycles. The van der Waals surface area contributed by atoms with Crippen molar-refractivity contribution < 1.29 is 14.3 Å². The number of methoxy groups -OCH3 is 1. The van der Waals surface area contributed by atoms with Gasteiger partial charge in [0.1, 0.15) is 21.4 Å². The Morgan fingerprint density at radius 3 is 2.42 bits per heavy atom. The summed E-state index contributed by atoms with van der Waals surface area (Å²) in [4.78, 5) is 3.36. The molecule has 0 atom stereocenters. The Bertz CT molecular complexity index is 1370. The van der Waals surface area contributed by atoms with Crippen LogP contribution in [0.5, 0.6) is 11.5 Å². The number of furan rings is 1. The second-order valence-corrected chi connectivity index (χ2v) is 7.13. The number of aromatic hydroxyl groups is 1. The van der Waals surface area contributed by atoms with Crippen LogP contribution in [0.4, 0.5) is 0 Å². The van der Waals surface area contributed by atoms with Gasteiger partial charge in [-0.2, -0.15) is 0 Å². The predicted octanol–water partition coefficient (Wildman–Crippen LogP) is 6.89. The van der Waals surface area contributed by atoms with Crippen molar-refractivity contribution in [1.29, 1.82) is 0 Å². The van der Waals surface area contributed by atoms with Gasteiger partial charge in [0.2, 0.25) is 0 Å². The van der Waals surface area contributed by atoms with Crippen LogP contribution < -0.4 is 4.74 Å². The zero-order valence-corrected chi connectivity index (χ0v) is 15.6. The Kier molecular flexibility index (Phi) is 3.29. The third-order valence-electron chi connectivity index (χ3n) is 4.65. The highest BCUT2D eigenvalue weighted by Crippen LogP contribution is 2.49. The molecule has 0 fully saturated rings. The third-order valence-corrected chi connectivity index (χ3v) is 5.84. The summed E-state index contributed by atoms with van der Waals surface area (Å²) in [6.45, 7) is 0. The molecule has 0 saturated carbocycles. The highest BCUT2D eigenvalue weighted by Gasteiger charge is 2.23. The summed E-state index contributed by atoms with van der Waals surface area (Å²) in [5.41, 5.74) is 2.77. The molecule has 5 rings (SSSR count). The number of phenolic OH excluding ortho intramolecular Hbond substituents is 1. The van der Waals surface area contributed by atoms with Crippen LogP contribution in [-0.4, -0.2) is 17.2 Å². The van der Waals surface area contributed by atoms with E-state index in [9.17, 15) is 5.11 Å². The quantitative estimate of drug-likeness (QED) is 0.298. The summed E-state index contributed by atoms with van der Waals surface area (Å²) < 4.78 is 11.4. The van der Waals surface area contributed by atoms with E-state index in [1.807, 2.05) is 30.3 Å². The van der Waals surface area contributed by atoms with Gasteiger partial charge < -0.3 is 19.2 Å². The van der Waals surface area contributed by atoms with Crippen molar-refractivity contribution in [1.82, 2.24) is 4.98 Å². The second-order valence-electron chi connectivity index (χ2n) is 6.00. The minimum Gasteiger partial charge on any atom is -0.505 e. The highest BCUT2D eigenvalue weighted by molar-refractivity contribution is 6.50. The Hall–Kier alpha value is -2.27. The lowest BCUT2D eigenvalue weighted by Crippen LogP contribution is -1.80.